The second kappa shape index (κ2) is 2.88. The van der Waals surface area contributed by atoms with E-state index < -0.39 is 0 Å². The van der Waals surface area contributed by atoms with Gasteiger partial charge in [-0.3, -0.25) is 0 Å². The fourth-order valence-corrected chi connectivity index (χ4v) is 1.22. The van der Waals surface area contributed by atoms with Gasteiger partial charge in [-0.15, -0.1) is 0 Å². The number of halogens is 2. The number of furan rings is 1. The molecule has 0 amide bonds. The molecular weight excluding hydrogens is 248 g/mol. The zero-order chi connectivity index (χ0) is 6.85. The summed E-state index contributed by atoms with van der Waals surface area (Å²) >= 11 is 6.56. The predicted molar refractivity (Wildman–Crippen MR) is 43.5 cm³/mol. The molecule has 50 valence electrons. The normalized spacial score (nSPS) is 10.1. The van der Waals surface area contributed by atoms with Crippen LogP contribution in [0, 0.1) is 0 Å². The Morgan fingerprint density at radius 2 is 2.22 bits per heavy atom. The van der Waals surface area contributed by atoms with Crippen LogP contribution in [0.1, 0.15) is 12.7 Å². The van der Waals surface area contributed by atoms with Gasteiger partial charge in [-0.2, -0.15) is 0 Å². The first kappa shape index (κ1) is 7.35. The maximum absolute atomic E-state index is 5.23. The van der Waals surface area contributed by atoms with Crippen molar-refractivity contribution in [2.45, 2.75) is 13.3 Å². The summed E-state index contributed by atoms with van der Waals surface area (Å²) < 4.78 is 7.00. The SMILES string of the molecule is CCc1cc(Br)c(Br)o1. The zero-order valence-corrected chi connectivity index (χ0v) is 8.12. The molecule has 1 aromatic heterocycles. The number of rotatable bonds is 1. The molecular formula is C6H6Br2O. The van der Waals surface area contributed by atoms with Crippen LogP contribution in [-0.2, 0) is 6.42 Å². The predicted octanol–water partition coefficient (Wildman–Crippen LogP) is 3.37. The Labute approximate surface area is 70.7 Å². The van der Waals surface area contributed by atoms with Crippen molar-refractivity contribution in [3.05, 3.63) is 21.0 Å². The Balaban J connectivity index is 2.98. The molecule has 3 heteroatoms. The van der Waals surface area contributed by atoms with E-state index in [1.807, 2.05) is 6.07 Å². The molecule has 0 aliphatic rings. The average Bonchev–Trinajstić information content (AvgIpc) is 2.13. The summed E-state index contributed by atoms with van der Waals surface area (Å²) in [4.78, 5) is 0. The van der Waals surface area contributed by atoms with Crippen LogP contribution < -0.4 is 0 Å². The van der Waals surface area contributed by atoms with Gasteiger partial charge in [0.05, 0.1) is 4.47 Å². The molecule has 0 saturated heterocycles. The maximum Gasteiger partial charge on any atom is 0.183 e. The van der Waals surface area contributed by atoms with E-state index >= 15 is 0 Å². The van der Waals surface area contributed by atoms with Gasteiger partial charge in [0.1, 0.15) is 5.76 Å². The van der Waals surface area contributed by atoms with E-state index in [-0.39, 0.29) is 0 Å². The van der Waals surface area contributed by atoms with Crippen molar-refractivity contribution in [3.8, 4) is 0 Å². The molecule has 0 aliphatic carbocycles. The molecule has 1 rings (SSSR count). The molecule has 1 heterocycles. The molecule has 1 aromatic rings. The summed E-state index contributed by atoms with van der Waals surface area (Å²) in [6.45, 7) is 2.05. The van der Waals surface area contributed by atoms with Gasteiger partial charge >= 0.3 is 0 Å². The van der Waals surface area contributed by atoms with E-state index in [2.05, 4.69) is 38.8 Å². The molecule has 0 aromatic carbocycles. The van der Waals surface area contributed by atoms with Crippen LogP contribution >= 0.6 is 31.9 Å². The Hall–Kier alpha value is 0.240. The smallest absolute Gasteiger partial charge is 0.183 e. The number of aryl methyl sites for hydroxylation is 1. The lowest BCUT2D eigenvalue weighted by atomic mass is 10.4. The first-order valence-corrected chi connectivity index (χ1v) is 4.26. The molecule has 1 nitrogen and oxygen atoms in total. The summed E-state index contributed by atoms with van der Waals surface area (Å²) in [7, 11) is 0. The third kappa shape index (κ3) is 1.58. The molecule has 0 radical (unpaired) electrons. The van der Waals surface area contributed by atoms with Crippen molar-refractivity contribution < 1.29 is 4.42 Å². The molecule has 0 spiro atoms. The Bertz CT molecular complexity index is 185. The first-order valence-electron chi connectivity index (χ1n) is 2.67. The van der Waals surface area contributed by atoms with E-state index in [0.717, 1.165) is 21.3 Å². The molecule has 0 aliphatic heterocycles. The van der Waals surface area contributed by atoms with Crippen molar-refractivity contribution in [3.63, 3.8) is 0 Å². The number of hydrogen-bond donors (Lipinski definition) is 0. The van der Waals surface area contributed by atoms with Gasteiger partial charge in [0.15, 0.2) is 4.67 Å². The average molecular weight is 254 g/mol. The summed E-state index contributed by atoms with van der Waals surface area (Å²) in [6, 6.07) is 1.96. The largest absolute Gasteiger partial charge is 0.453 e. The topological polar surface area (TPSA) is 13.1 Å². The van der Waals surface area contributed by atoms with Crippen LogP contribution in [0.5, 0.6) is 0 Å². The second-order valence-electron chi connectivity index (χ2n) is 1.69. The lowest BCUT2D eigenvalue weighted by molar-refractivity contribution is 0.492. The molecule has 0 unspecified atom stereocenters. The van der Waals surface area contributed by atoms with Gasteiger partial charge in [-0.1, -0.05) is 6.92 Å². The molecule has 0 N–H and O–H groups in total. The number of hydrogen-bond acceptors (Lipinski definition) is 1. The monoisotopic (exact) mass is 252 g/mol. The summed E-state index contributed by atoms with van der Waals surface area (Å²) in [6.07, 6.45) is 0.935. The van der Waals surface area contributed by atoms with Gasteiger partial charge in [-0.25, -0.2) is 0 Å². The van der Waals surface area contributed by atoms with Crippen LogP contribution in [-0.4, -0.2) is 0 Å². The standard InChI is InChI=1S/C6H6Br2O/c1-2-4-3-5(7)6(8)9-4/h3H,2H2,1H3. The van der Waals surface area contributed by atoms with E-state index in [9.17, 15) is 0 Å². The minimum absolute atomic E-state index is 0.777. The minimum atomic E-state index is 0.777. The van der Waals surface area contributed by atoms with Gasteiger partial charge in [0.2, 0.25) is 0 Å². The summed E-state index contributed by atoms with van der Waals surface area (Å²) in [5, 5.41) is 0. The van der Waals surface area contributed by atoms with Crippen LogP contribution in [0.2, 0.25) is 0 Å². The highest BCUT2D eigenvalue weighted by Crippen LogP contribution is 2.26. The van der Waals surface area contributed by atoms with Crippen molar-refractivity contribution in [2.75, 3.05) is 0 Å². The second-order valence-corrected chi connectivity index (χ2v) is 3.26. The third-order valence-corrected chi connectivity index (χ3v) is 2.75. The lowest BCUT2D eigenvalue weighted by Gasteiger charge is -1.81. The van der Waals surface area contributed by atoms with Crippen LogP contribution in [0.15, 0.2) is 19.6 Å². The maximum atomic E-state index is 5.23. The molecule has 0 saturated carbocycles. The highest BCUT2D eigenvalue weighted by atomic mass is 79.9. The summed E-state index contributed by atoms with van der Waals surface area (Å²) in [5.41, 5.74) is 0. The van der Waals surface area contributed by atoms with E-state index in [4.69, 9.17) is 4.42 Å². The minimum Gasteiger partial charge on any atom is -0.453 e. The first-order chi connectivity index (χ1) is 4.24. The van der Waals surface area contributed by atoms with Gasteiger partial charge < -0.3 is 4.42 Å². The molecule has 0 fully saturated rings. The van der Waals surface area contributed by atoms with E-state index in [1.54, 1.807) is 0 Å². The van der Waals surface area contributed by atoms with Gasteiger partial charge in [0.25, 0.3) is 0 Å². The Morgan fingerprint density at radius 3 is 2.44 bits per heavy atom. The fourth-order valence-electron chi connectivity index (χ4n) is 0.566. The molecule has 0 atom stereocenters. The van der Waals surface area contributed by atoms with E-state index in [1.165, 1.54) is 0 Å². The van der Waals surface area contributed by atoms with Crippen molar-refractivity contribution in [1.29, 1.82) is 0 Å². The quantitative estimate of drug-likeness (QED) is 0.748. The third-order valence-electron chi connectivity index (χ3n) is 1.04. The van der Waals surface area contributed by atoms with Crippen LogP contribution in [0.25, 0.3) is 0 Å². The highest BCUT2D eigenvalue weighted by Gasteiger charge is 2.02. The lowest BCUT2D eigenvalue weighted by Crippen LogP contribution is -1.67. The van der Waals surface area contributed by atoms with E-state index in [0.29, 0.717) is 0 Å². The Kier molecular flexibility index (Phi) is 2.35. The van der Waals surface area contributed by atoms with Crippen molar-refractivity contribution in [1.82, 2.24) is 0 Å². The molecule has 9 heavy (non-hydrogen) atoms. The highest BCUT2D eigenvalue weighted by molar-refractivity contribution is 9.13. The fraction of sp³-hybridized carbons (Fsp3) is 0.333. The summed E-state index contributed by atoms with van der Waals surface area (Å²) in [5.74, 6) is 0.994. The van der Waals surface area contributed by atoms with Crippen molar-refractivity contribution >= 4 is 31.9 Å². The van der Waals surface area contributed by atoms with Gasteiger partial charge in [0, 0.05) is 6.42 Å². The zero-order valence-electron chi connectivity index (χ0n) is 4.95. The van der Waals surface area contributed by atoms with Crippen LogP contribution in [0.3, 0.4) is 0 Å². The van der Waals surface area contributed by atoms with Crippen molar-refractivity contribution in [2.24, 2.45) is 0 Å². The van der Waals surface area contributed by atoms with Gasteiger partial charge in [-0.05, 0) is 37.9 Å². The Morgan fingerprint density at radius 1 is 1.56 bits per heavy atom. The molecule has 0 bridgehead atoms. The van der Waals surface area contributed by atoms with Crippen LogP contribution in [0.4, 0.5) is 0 Å².